The fraction of sp³-hybridized carbons (Fsp3) is 0.462. The SMILES string of the molecule is COc1cc(C(F)(F)F)cc(S(=O)(=O)N2CCC[C@H]2C(=O)O)c1. The van der Waals surface area contributed by atoms with Crippen LogP contribution in [0.4, 0.5) is 13.2 Å². The summed E-state index contributed by atoms with van der Waals surface area (Å²) in [6.45, 7) is -0.0577. The first-order valence-corrected chi connectivity index (χ1v) is 8.02. The lowest BCUT2D eigenvalue weighted by Crippen LogP contribution is -2.40. The van der Waals surface area contributed by atoms with Gasteiger partial charge >= 0.3 is 12.1 Å². The molecule has 1 saturated heterocycles. The highest BCUT2D eigenvalue weighted by Gasteiger charge is 2.41. The fourth-order valence-electron chi connectivity index (χ4n) is 2.41. The highest BCUT2D eigenvalue weighted by atomic mass is 32.2. The average Bonchev–Trinajstić information content (AvgIpc) is 2.96. The van der Waals surface area contributed by atoms with E-state index in [-0.39, 0.29) is 18.7 Å². The number of hydrogen-bond acceptors (Lipinski definition) is 4. The van der Waals surface area contributed by atoms with E-state index in [0.717, 1.165) is 13.2 Å². The summed E-state index contributed by atoms with van der Waals surface area (Å²) >= 11 is 0. The Kier molecular flexibility index (Phi) is 4.58. The Morgan fingerprint density at radius 2 is 2.00 bits per heavy atom. The lowest BCUT2D eigenvalue weighted by atomic mass is 10.2. The number of alkyl halides is 3. The summed E-state index contributed by atoms with van der Waals surface area (Å²) in [6, 6.07) is 0.828. The molecule has 1 aliphatic rings. The van der Waals surface area contributed by atoms with Crippen LogP contribution < -0.4 is 4.74 Å². The second kappa shape index (κ2) is 6.00. The Bertz CT molecular complexity index is 717. The molecule has 1 fully saturated rings. The summed E-state index contributed by atoms with van der Waals surface area (Å²) in [5, 5.41) is 9.07. The number of carboxylic acids is 1. The van der Waals surface area contributed by atoms with Crippen LogP contribution in [0.2, 0.25) is 0 Å². The first-order chi connectivity index (χ1) is 10.6. The van der Waals surface area contributed by atoms with E-state index < -0.39 is 38.7 Å². The van der Waals surface area contributed by atoms with Crippen LogP contribution in [0.25, 0.3) is 0 Å². The molecule has 1 heterocycles. The van der Waals surface area contributed by atoms with Gasteiger partial charge in [-0.15, -0.1) is 0 Å². The maximum Gasteiger partial charge on any atom is 0.416 e. The van der Waals surface area contributed by atoms with Crippen molar-refractivity contribution in [2.24, 2.45) is 0 Å². The Labute approximate surface area is 130 Å². The van der Waals surface area contributed by atoms with Crippen molar-refractivity contribution in [2.45, 2.75) is 30.0 Å². The van der Waals surface area contributed by atoms with Crippen LogP contribution in [-0.2, 0) is 21.0 Å². The molecule has 1 aromatic rings. The molecular weight excluding hydrogens is 339 g/mol. The molecule has 1 aliphatic heterocycles. The molecule has 0 amide bonds. The number of hydrogen-bond donors (Lipinski definition) is 1. The minimum Gasteiger partial charge on any atom is -0.497 e. The normalized spacial score (nSPS) is 19.7. The number of rotatable bonds is 4. The van der Waals surface area contributed by atoms with Gasteiger partial charge in [-0.25, -0.2) is 8.42 Å². The van der Waals surface area contributed by atoms with E-state index in [1.165, 1.54) is 0 Å². The Morgan fingerprint density at radius 3 is 2.52 bits per heavy atom. The van der Waals surface area contributed by atoms with Crippen molar-refractivity contribution in [3.8, 4) is 5.75 Å². The summed E-state index contributed by atoms with van der Waals surface area (Å²) in [5.41, 5.74) is -1.18. The molecule has 0 aromatic heterocycles. The third-order valence-corrected chi connectivity index (χ3v) is 5.42. The molecule has 0 aliphatic carbocycles. The summed E-state index contributed by atoms with van der Waals surface area (Å²) < 4.78 is 69.2. The number of halogens is 3. The summed E-state index contributed by atoms with van der Waals surface area (Å²) in [7, 11) is -3.26. The van der Waals surface area contributed by atoms with Gasteiger partial charge in [0.15, 0.2) is 0 Å². The second-order valence-electron chi connectivity index (χ2n) is 5.01. The van der Waals surface area contributed by atoms with E-state index in [1.807, 2.05) is 0 Å². The van der Waals surface area contributed by atoms with Crippen molar-refractivity contribution >= 4 is 16.0 Å². The fourth-order valence-corrected chi connectivity index (χ4v) is 4.12. The minimum atomic E-state index is -4.75. The van der Waals surface area contributed by atoms with Crippen molar-refractivity contribution in [3.05, 3.63) is 23.8 Å². The standard InChI is InChI=1S/C13H14F3NO5S/c1-22-9-5-8(13(14,15)16)6-10(7-9)23(20,21)17-4-2-3-11(17)12(18)19/h5-7,11H,2-4H2,1H3,(H,18,19)/t11-/m0/s1. The quantitative estimate of drug-likeness (QED) is 0.894. The number of ether oxygens (including phenoxy) is 1. The molecule has 1 aromatic carbocycles. The van der Waals surface area contributed by atoms with Gasteiger partial charge in [-0.2, -0.15) is 17.5 Å². The average molecular weight is 353 g/mol. The highest BCUT2D eigenvalue weighted by molar-refractivity contribution is 7.89. The Balaban J connectivity index is 2.53. The maximum absolute atomic E-state index is 12.9. The van der Waals surface area contributed by atoms with Gasteiger partial charge in [0.05, 0.1) is 17.6 Å². The third-order valence-electron chi connectivity index (χ3n) is 3.54. The number of nitrogens with zero attached hydrogens (tertiary/aromatic N) is 1. The van der Waals surface area contributed by atoms with Gasteiger partial charge in [-0.05, 0) is 25.0 Å². The molecule has 1 N–H and O–H groups in total. The van der Waals surface area contributed by atoms with E-state index in [4.69, 9.17) is 9.84 Å². The van der Waals surface area contributed by atoms with Crippen LogP contribution in [0.15, 0.2) is 23.1 Å². The molecule has 0 spiro atoms. The smallest absolute Gasteiger partial charge is 0.416 e. The number of benzene rings is 1. The summed E-state index contributed by atoms with van der Waals surface area (Å²) in [6.07, 6.45) is -4.31. The number of carbonyl (C=O) groups is 1. The van der Waals surface area contributed by atoms with Gasteiger partial charge in [-0.3, -0.25) is 4.79 Å². The van der Waals surface area contributed by atoms with Crippen LogP contribution >= 0.6 is 0 Å². The van der Waals surface area contributed by atoms with E-state index in [1.54, 1.807) is 0 Å². The molecule has 0 bridgehead atoms. The molecule has 10 heteroatoms. The topological polar surface area (TPSA) is 83.9 Å². The predicted molar refractivity (Wildman–Crippen MR) is 72.5 cm³/mol. The number of methoxy groups -OCH3 is 1. The van der Waals surface area contributed by atoms with E-state index >= 15 is 0 Å². The van der Waals surface area contributed by atoms with Gasteiger partial charge < -0.3 is 9.84 Å². The second-order valence-corrected chi connectivity index (χ2v) is 6.90. The molecule has 0 saturated carbocycles. The number of carboxylic acid groups (broad SMARTS) is 1. The van der Waals surface area contributed by atoms with Crippen LogP contribution in [0.5, 0.6) is 5.75 Å². The lowest BCUT2D eigenvalue weighted by Gasteiger charge is -2.22. The van der Waals surface area contributed by atoms with Crippen molar-refractivity contribution in [3.63, 3.8) is 0 Å². The van der Waals surface area contributed by atoms with Crippen molar-refractivity contribution in [1.82, 2.24) is 4.31 Å². The Hall–Kier alpha value is -1.81. The Morgan fingerprint density at radius 1 is 1.35 bits per heavy atom. The zero-order chi connectivity index (χ0) is 17.4. The van der Waals surface area contributed by atoms with E-state index in [2.05, 4.69) is 0 Å². The first kappa shape index (κ1) is 17.5. The molecule has 128 valence electrons. The molecule has 23 heavy (non-hydrogen) atoms. The van der Waals surface area contributed by atoms with Crippen molar-refractivity contribution in [2.75, 3.05) is 13.7 Å². The molecule has 0 unspecified atom stereocenters. The van der Waals surface area contributed by atoms with Gasteiger partial charge in [0.25, 0.3) is 0 Å². The van der Waals surface area contributed by atoms with E-state index in [9.17, 15) is 26.4 Å². The molecule has 6 nitrogen and oxygen atoms in total. The largest absolute Gasteiger partial charge is 0.497 e. The van der Waals surface area contributed by atoms with Crippen molar-refractivity contribution < 1.29 is 36.2 Å². The maximum atomic E-state index is 12.9. The predicted octanol–water partition coefficient (Wildman–Crippen LogP) is 1.95. The zero-order valence-corrected chi connectivity index (χ0v) is 12.8. The number of sulfonamides is 1. The first-order valence-electron chi connectivity index (χ1n) is 6.58. The van der Waals surface area contributed by atoms with Crippen LogP contribution in [0, 0.1) is 0 Å². The minimum absolute atomic E-state index is 0.0577. The summed E-state index contributed by atoms with van der Waals surface area (Å²) in [4.78, 5) is 10.5. The molecular formula is C13H14F3NO5S. The third kappa shape index (κ3) is 3.42. The van der Waals surface area contributed by atoms with Gasteiger partial charge in [0.2, 0.25) is 10.0 Å². The van der Waals surface area contributed by atoms with Crippen LogP contribution in [0.3, 0.4) is 0 Å². The van der Waals surface area contributed by atoms with Gasteiger partial charge in [0, 0.05) is 12.6 Å². The van der Waals surface area contributed by atoms with Gasteiger partial charge in [0.1, 0.15) is 11.8 Å². The van der Waals surface area contributed by atoms with Crippen LogP contribution in [-0.4, -0.2) is 43.5 Å². The number of aliphatic carboxylic acids is 1. The molecule has 1 atom stereocenters. The van der Waals surface area contributed by atoms with Crippen LogP contribution in [0.1, 0.15) is 18.4 Å². The monoisotopic (exact) mass is 353 g/mol. The van der Waals surface area contributed by atoms with Gasteiger partial charge in [-0.1, -0.05) is 0 Å². The van der Waals surface area contributed by atoms with Crippen molar-refractivity contribution in [1.29, 1.82) is 0 Å². The lowest BCUT2D eigenvalue weighted by molar-refractivity contribution is -0.141. The highest BCUT2D eigenvalue weighted by Crippen LogP contribution is 2.35. The molecule has 2 rings (SSSR count). The zero-order valence-electron chi connectivity index (χ0n) is 12.0. The molecule has 0 radical (unpaired) electrons. The van der Waals surface area contributed by atoms with E-state index in [0.29, 0.717) is 22.9 Å². The summed E-state index contributed by atoms with van der Waals surface area (Å²) in [5.74, 6) is -1.60.